The lowest BCUT2D eigenvalue weighted by molar-refractivity contribution is -0.155. The Morgan fingerprint density at radius 3 is 2.69 bits per heavy atom. The van der Waals surface area contributed by atoms with Crippen molar-refractivity contribution >= 4 is 29.3 Å². The fourth-order valence-electron chi connectivity index (χ4n) is 1.54. The van der Waals surface area contributed by atoms with Crippen LogP contribution in [-0.2, 0) is 14.4 Å². The summed E-state index contributed by atoms with van der Waals surface area (Å²) in [5.74, 6) is -0.708. The normalized spacial score (nSPS) is 19.6. The predicted molar refractivity (Wildman–Crippen MR) is 58.9 cm³/mol. The van der Waals surface area contributed by atoms with E-state index in [1.807, 2.05) is 0 Å². The van der Waals surface area contributed by atoms with Crippen molar-refractivity contribution in [3.05, 3.63) is 0 Å². The number of halogens is 1. The first kappa shape index (κ1) is 13.0. The fourth-order valence-corrected chi connectivity index (χ4v) is 1.67. The third kappa shape index (κ3) is 2.52. The van der Waals surface area contributed by atoms with Gasteiger partial charge in [0, 0.05) is 12.3 Å². The lowest BCUT2D eigenvalue weighted by atomic mass is 9.98. The number of amides is 3. The summed E-state index contributed by atoms with van der Waals surface area (Å²) in [5, 5.41) is 2.21. The second-order valence-corrected chi connectivity index (χ2v) is 4.59. The van der Waals surface area contributed by atoms with Crippen molar-refractivity contribution in [1.82, 2.24) is 10.2 Å². The molecule has 1 heterocycles. The van der Waals surface area contributed by atoms with Crippen molar-refractivity contribution in [1.29, 1.82) is 0 Å². The molecule has 5 nitrogen and oxygen atoms in total. The summed E-state index contributed by atoms with van der Waals surface area (Å²) >= 11 is 5.50. The van der Waals surface area contributed by atoms with Crippen LogP contribution in [0.1, 0.15) is 26.7 Å². The van der Waals surface area contributed by atoms with Crippen LogP contribution in [0.2, 0.25) is 0 Å². The lowest BCUT2D eigenvalue weighted by Crippen LogP contribution is -2.65. The van der Waals surface area contributed by atoms with Gasteiger partial charge in [-0.2, -0.15) is 0 Å². The Bertz CT molecular complexity index is 328. The summed E-state index contributed by atoms with van der Waals surface area (Å²) in [6.45, 7) is 3.17. The van der Waals surface area contributed by atoms with E-state index in [0.29, 0.717) is 12.3 Å². The molecule has 1 aliphatic rings. The smallest absolute Gasteiger partial charge is 0.252 e. The van der Waals surface area contributed by atoms with Gasteiger partial charge in [0.25, 0.3) is 5.91 Å². The molecule has 0 aromatic heterocycles. The topological polar surface area (TPSA) is 66.5 Å². The lowest BCUT2D eigenvalue weighted by Gasteiger charge is -2.40. The van der Waals surface area contributed by atoms with E-state index in [-0.39, 0.29) is 18.9 Å². The largest absolute Gasteiger partial charge is 0.319 e. The minimum Gasteiger partial charge on any atom is -0.319 e. The SMILES string of the molecule is CC1(C)C(=O)NC(=O)CN1C(=O)CCCCl. The van der Waals surface area contributed by atoms with E-state index in [2.05, 4.69) is 5.32 Å². The Kier molecular flexibility index (Phi) is 3.91. The molecule has 0 aromatic carbocycles. The van der Waals surface area contributed by atoms with Crippen LogP contribution in [0.4, 0.5) is 0 Å². The third-order valence-electron chi connectivity index (χ3n) is 2.61. The average Bonchev–Trinajstić information content (AvgIpc) is 2.20. The third-order valence-corrected chi connectivity index (χ3v) is 2.88. The van der Waals surface area contributed by atoms with Gasteiger partial charge in [-0.25, -0.2) is 0 Å². The van der Waals surface area contributed by atoms with Gasteiger partial charge in [0.15, 0.2) is 0 Å². The molecule has 6 heteroatoms. The van der Waals surface area contributed by atoms with Crippen LogP contribution in [0.25, 0.3) is 0 Å². The zero-order chi connectivity index (χ0) is 12.3. The van der Waals surface area contributed by atoms with Gasteiger partial charge in [-0.1, -0.05) is 0 Å². The maximum Gasteiger partial charge on any atom is 0.252 e. The molecule has 16 heavy (non-hydrogen) atoms. The number of rotatable bonds is 3. The zero-order valence-corrected chi connectivity index (χ0v) is 10.1. The zero-order valence-electron chi connectivity index (χ0n) is 9.38. The molecule has 0 atom stereocenters. The van der Waals surface area contributed by atoms with Crippen molar-refractivity contribution in [2.24, 2.45) is 0 Å². The highest BCUT2D eigenvalue weighted by atomic mass is 35.5. The van der Waals surface area contributed by atoms with Crippen molar-refractivity contribution < 1.29 is 14.4 Å². The molecule has 0 radical (unpaired) electrons. The van der Waals surface area contributed by atoms with Crippen molar-refractivity contribution in [2.45, 2.75) is 32.2 Å². The van der Waals surface area contributed by atoms with E-state index in [9.17, 15) is 14.4 Å². The Balaban J connectivity index is 2.79. The van der Waals surface area contributed by atoms with Crippen LogP contribution in [0.3, 0.4) is 0 Å². The highest BCUT2D eigenvalue weighted by Gasteiger charge is 2.42. The quantitative estimate of drug-likeness (QED) is 0.574. The Morgan fingerprint density at radius 1 is 1.50 bits per heavy atom. The maximum atomic E-state index is 11.8. The van der Waals surface area contributed by atoms with E-state index >= 15 is 0 Å². The second-order valence-electron chi connectivity index (χ2n) is 4.21. The number of hydrogen-bond acceptors (Lipinski definition) is 3. The number of piperazine rings is 1. The maximum absolute atomic E-state index is 11.8. The first-order valence-electron chi connectivity index (χ1n) is 5.10. The van der Waals surface area contributed by atoms with E-state index in [4.69, 9.17) is 11.6 Å². The van der Waals surface area contributed by atoms with Crippen LogP contribution in [0.15, 0.2) is 0 Å². The summed E-state index contributed by atoms with van der Waals surface area (Å²) in [6.07, 6.45) is 0.802. The molecule has 0 aliphatic carbocycles. The molecule has 1 saturated heterocycles. The molecule has 90 valence electrons. The van der Waals surface area contributed by atoms with Gasteiger partial charge in [-0.05, 0) is 20.3 Å². The summed E-state index contributed by atoms with van der Waals surface area (Å²) in [5.41, 5.74) is -0.975. The molecule has 0 spiro atoms. The van der Waals surface area contributed by atoms with Crippen molar-refractivity contribution in [2.75, 3.05) is 12.4 Å². The Labute approximate surface area is 99.1 Å². The molecule has 0 aromatic rings. The number of carbonyl (C=O) groups is 3. The molecule has 3 amide bonds. The number of alkyl halides is 1. The van der Waals surface area contributed by atoms with Crippen LogP contribution < -0.4 is 5.32 Å². The standard InChI is InChI=1S/C10H15ClN2O3/c1-10(2)9(16)12-7(14)6-13(10)8(15)4-3-5-11/h3-6H2,1-2H3,(H,12,14,16). The minimum atomic E-state index is -0.975. The monoisotopic (exact) mass is 246 g/mol. The van der Waals surface area contributed by atoms with Crippen molar-refractivity contribution in [3.63, 3.8) is 0 Å². The number of nitrogens with one attached hydrogen (secondary N) is 1. The van der Waals surface area contributed by atoms with E-state index in [1.165, 1.54) is 4.90 Å². The molecule has 0 bridgehead atoms. The van der Waals surface area contributed by atoms with Crippen LogP contribution in [0, 0.1) is 0 Å². The van der Waals surface area contributed by atoms with E-state index in [1.54, 1.807) is 13.8 Å². The van der Waals surface area contributed by atoms with Crippen LogP contribution >= 0.6 is 11.6 Å². The molecule has 0 unspecified atom stereocenters. The number of imide groups is 1. The number of hydrogen-bond donors (Lipinski definition) is 1. The summed E-state index contributed by atoms with van der Waals surface area (Å²) in [6, 6.07) is 0. The molecule has 1 N–H and O–H groups in total. The van der Waals surface area contributed by atoms with Crippen LogP contribution in [0.5, 0.6) is 0 Å². The number of carbonyl (C=O) groups excluding carboxylic acids is 3. The van der Waals surface area contributed by atoms with Crippen molar-refractivity contribution in [3.8, 4) is 0 Å². The summed E-state index contributed by atoms with van der Waals surface area (Å²) in [7, 11) is 0. The summed E-state index contributed by atoms with van der Waals surface area (Å²) < 4.78 is 0. The highest BCUT2D eigenvalue weighted by molar-refractivity contribution is 6.18. The minimum absolute atomic E-state index is 0.0696. The Hall–Kier alpha value is -1.10. The van der Waals surface area contributed by atoms with E-state index in [0.717, 1.165) is 0 Å². The van der Waals surface area contributed by atoms with Gasteiger partial charge in [0.05, 0.1) is 0 Å². The number of nitrogens with zero attached hydrogens (tertiary/aromatic N) is 1. The van der Waals surface area contributed by atoms with Gasteiger partial charge in [-0.3, -0.25) is 19.7 Å². The highest BCUT2D eigenvalue weighted by Crippen LogP contribution is 2.19. The van der Waals surface area contributed by atoms with Gasteiger partial charge in [0.1, 0.15) is 12.1 Å². The van der Waals surface area contributed by atoms with Crippen LogP contribution in [-0.4, -0.2) is 40.6 Å². The first-order chi connectivity index (χ1) is 7.39. The Morgan fingerprint density at radius 2 is 2.12 bits per heavy atom. The molecular weight excluding hydrogens is 232 g/mol. The first-order valence-corrected chi connectivity index (χ1v) is 5.63. The second kappa shape index (κ2) is 4.82. The van der Waals surface area contributed by atoms with E-state index < -0.39 is 17.4 Å². The summed E-state index contributed by atoms with van der Waals surface area (Å²) in [4.78, 5) is 35.9. The van der Waals surface area contributed by atoms with Gasteiger partial charge in [-0.15, -0.1) is 11.6 Å². The molecule has 1 rings (SSSR count). The fraction of sp³-hybridized carbons (Fsp3) is 0.700. The molecular formula is C10H15ClN2O3. The molecule has 0 saturated carbocycles. The van der Waals surface area contributed by atoms with Gasteiger partial charge < -0.3 is 4.90 Å². The molecule has 1 fully saturated rings. The average molecular weight is 247 g/mol. The van der Waals surface area contributed by atoms with Gasteiger partial charge >= 0.3 is 0 Å². The predicted octanol–water partition coefficient (Wildman–Crippen LogP) is 0.269. The molecule has 1 aliphatic heterocycles. The van der Waals surface area contributed by atoms with Gasteiger partial charge in [0.2, 0.25) is 11.8 Å².